The molecule has 2 N–H and O–H groups in total. The molecule has 1 aromatic carbocycles. The number of rotatable bonds is 7. The Hall–Kier alpha value is -2.18. The van der Waals surface area contributed by atoms with Crippen LogP contribution in [0.5, 0.6) is 5.75 Å². The van der Waals surface area contributed by atoms with Crippen LogP contribution in [-0.2, 0) is 4.79 Å². The molecule has 5 nitrogen and oxygen atoms in total. The van der Waals surface area contributed by atoms with Gasteiger partial charge in [0.15, 0.2) is 24.0 Å². The van der Waals surface area contributed by atoms with Crippen LogP contribution in [0.15, 0.2) is 12.1 Å². The Balaban J connectivity index is 2.59. The molecule has 1 amide bonds. The van der Waals surface area contributed by atoms with Crippen LogP contribution in [0.2, 0.25) is 0 Å². The molecule has 0 fully saturated rings. The van der Waals surface area contributed by atoms with Crippen LogP contribution < -0.4 is 10.1 Å². The second-order valence-electron chi connectivity index (χ2n) is 4.90. The summed E-state index contributed by atoms with van der Waals surface area (Å²) in [7, 11) is 0. The van der Waals surface area contributed by atoms with Gasteiger partial charge in [-0.05, 0) is 24.5 Å². The zero-order chi connectivity index (χ0) is 16.0. The van der Waals surface area contributed by atoms with Gasteiger partial charge in [0.1, 0.15) is 0 Å². The first kappa shape index (κ1) is 16.9. The largest absolute Gasteiger partial charge is 0.478 e. The molecule has 0 saturated carbocycles. The van der Waals surface area contributed by atoms with Gasteiger partial charge in [0.2, 0.25) is 0 Å². The molecule has 21 heavy (non-hydrogen) atoms. The first-order chi connectivity index (χ1) is 9.81. The molecule has 0 bridgehead atoms. The Morgan fingerprint density at radius 3 is 2.33 bits per heavy atom. The fraction of sp³-hybridized carbons (Fsp3) is 0.429. The van der Waals surface area contributed by atoms with Crippen molar-refractivity contribution >= 4 is 11.9 Å². The zero-order valence-corrected chi connectivity index (χ0v) is 11.8. The molecular weight excluding hydrogens is 284 g/mol. The van der Waals surface area contributed by atoms with Crippen molar-refractivity contribution in [3.05, 3.63) is 29.3 Å². The quantitative estimate of drug-likeness (QED) is 0.809. The Kier molecular flexibility index (Phi) is 6.08. The number of hydrogen-bond donors (Lipinski definition) is 2. The van der Waals surface area contributed by atoms with Gasteiger partial charge in [-0.15, -0.1) is 0 Å². The highest BCUT2D eigenvalue weighted by atomic mass is 19.1. The van der Waals surface area contributed by atoms with E-state index < -0.39 is 41.4 Å². The van der Waals surface area contributed by atoms with E-state index in [2.05, 4.69) is 5.32 Å². The number of carboxylic acid groups (broad SMARTS) is 1. The highest BCUT2D eigenvalue weighted by molar-refractivity contribution is 5.87. The fourth-order valence-electron chi connectivity index (χ4n) is 1.51. The lowest BCUT2D eigenvalue weighted by atomic mass is 10.1. The predicted octanol–water partition coefficient (Wildman–Crippen LogP) is 2.20. The van der Waals surface area contributed by atoms with E-state index in [0.717, 1.165) is 6.42 Å². The van der Waals surface area contributed by atoms with Gasteiger partial charge in [-0.3, -0.25) is 4.79 Å². The predicted molar refractivity (Wildman–Crippen MR) is 71.3 cm³/mol. The van der Waals surface area contributed by atoms with Crippen molar-refractivity contribution in [3.63, 3.8) is 0 Å². The third kappa shape index (κ3) is 5.37. The van der Waals surface area contributed by atoms with Gasteiger partial charge in [-0.2, -0.15) is 0 Å². The number of benzene rings is 1. The molecule has 0 spiro atoms. The summed E-state index contributed by atoms with van der Waals surface area (Å²) in [6, 6.07) is 1.27. The summed E-state index contributed by atoms with van der Waals surface area (Å²) in [6.45, 7) is 3.90. The van der Waals surface area contributed by atoms with Crippen LogP contribution >= 0.6 is 0 Å². The number of aromatic carboxylic acids is 1. The Morgan fingerprint density at radius 2 is 1.86 bits per heavy atom. The minimum absolute atomic E-state index is 0.421. The van der Waals surface area contributed by atoms with E-state index in [0.29, 0.717) is 24.6 Å². The van der Waals surface area contributed by atoms with Gasteiger partial charge in [-0.25, -0.2) is 13.6 Å². The van der Waals surface area contributed by atoms with Crippen LogP contribution in [0.3, 0.4) is 0 Å². The Labute approximate surface area is 120 Å². The van der Waals surface area contributed by atoms with Gasteiger partial charge in [0.25, 0.3) is 5.91 Å². The summed E-state index contributed by atoms with van der Waals surface area (Å²) >= 11 is 0. The molecule has 0 radical (unpaired) electrons. The topological polar surface area (TPSA) is 75.6 Å². The smallest absolute Gasteiger partial charge is 0.335 e. The lowest BCUT2D eigenvalue weighted by molar-refractivity contribution is -0.123. The highest BCUT2D eigenvalue weighted by Crippen LogP contribution is 2.23. The Bertz CT molecular complexity index is 509. The molecule has 1 rings (SSSR count). The third-order valence-corrected chi connectivity index (χ3v) is 2.64. The van der Waals surface area contributed by atoms with Crippen molar-refractivity contribution < 1.29 is 28.2 Å². The fourth-order valence-corrected chi connectivity index (χ4v) is 1.51. The average Bonchev–Trinajstić information content (AvgIpc) is 2.36. The minimum atomic E-state index is -1.45. The summed E-state index contributed by atoms with van der Waals surface area (Å²) in [5.74, 6) is -4.63. The number of carbonyl (C=O) groups excluding carboxylic acids is 1. The van der Waals surface area contributed by atoms with Crippen molar-refractivity contribution in [1.82, 2.24) is 5.32 Å². The van der Waals surface area contributed by atoms with Gasteiger partial charge in [0.05, 0.1) is 5.56 Å². The van der Waals surface area contributed by atoms with Crippen molar-refractivity contribution in [2.75, 3.05) is 13.2 Å². The zero-order valence-electron chi connectivity index (χ0n) is 11.8. The average molecular weight is 301 g/mol. The molecule has 0 atom stereocenters. The number of carboxylic acids is 1. The second kappa shape index (κ2) is 7.56. The molecule has 1 aromatic rings. The maximum atomic E-state index is 13.5. The maximum absolute atomic E-state index is 13.5. The van der Waals surface area contributed by atoms with E-state index in [1.807, 2.05) is 13.8 Å². The summed E-state index contributed by atoms with van der Waals surface area (Å²) in [5, 5.41) is 11.2. The van der Waals surface area contributed by atoms with Gasteiger partial charge >= 0.3 is 5.97 Å². The molecular formula is C14H17F2NO4. The van der Waals surface area contributed by atoms with Crippen molar-refractivity contribution in [2.24, 2.45) is 5.92 Å². The van der Waals surface area contributed by atoms with Gasteiger partial charge in [0, 0.05) is 6.54 Å². The minimum Gasteiger partial charge on any atom is -0.478 e. The lowest BCUT2D eigenvalue weighted by Crippen LogP contribution is -2.30. The molecule has 0 aliphatic heterocycles. The standard InChI is InChI=1S/C14H17F2NO4/c1-8(2)3-4-17-12(18)7-21-13-10(15)5-9(14(19)20)6-11(13)16/h5-6,8H,3-4,7H2,1-2H3,(H,17,18)(H,19,20). The van der Waals surface area contributed by atoms with E-state index in [1.165, 1.54) is 0 Å². The van der Waals surface area contributed by atoms with Gasteiger partial charge < -0.3 is 15.2 Å². The van der Waals surface area contributed by atoms with E-state index in [4.69, 9.17) is 9.84 Å². The molecule has 0 unspecified atom stereocenters. The Morgan fingerprint density at radius 1 is 1.29 bits per heavy atom. The van der Waals surface area contributed by atoms with Crippen molar-refractivity contribution in [2.45, 2.75) is 20.3 Å². The number of amides is 1. The van der Waals surface area contributed by atoms with Crippen LogP contribution in [-0.4, -0.2) is 30.1 Å². The number of hydrogen-bond acceptors (Lipinski definition) is 3. The number of nitrogens with one attached hydrogen (secondary N) is 1. The monoisotopic (exact) mass is 301 g/mol. The molecule has 0 heterocycles. The van der Waals surface area contributed by atoms with Crippen LogP contribution in [0.25, 0.3) is 0 Å². The van der Waals surface area contributed by atoms with Crippen LogP contribution in [0.4, 0.5) is 8.78 Å². The first-order valence-electron chi connectivity index (χ1n) is 6.43. The third-order valence-electron chi connectivity index (χ3n) is 2.64. The molecule has 116 valence electrons. The van der Waals surface area contributed by atoms with Crippen molar-refractivity contribution in [1.29, 1.82) is 0 Å². The van der Waals surface area contributed by atoms with E-state index >= 15 is 0 Å². The molecule has 0 aliphatic carbocycles. The normalized spacial score (nSPS) is 10.5. The van der Waals surface area contributed by atoms with Gasteiger partial charge in [-0.1, -0.05) is 13.8 Å². The van der Waals surface area contributed by atoms with Crippen LogP contribution in [0.1, 0.15) is 30.6 Å². The molecule has 7 heteroatoms. The molecule has 0 aromatic heterocycles. The summed E-state index contributed by atoms with van der Waals surface area (Å²) in [4.78, 5) is 22.0. The first-order valence-corrected chi connectivity index (χ1v) is 6.43. The lowest BCUT2D eigenvalue weighted by Gasteiger charge is -2.10. The molecule has 0 saturated heterocycles. The summed E-state index contributed by atoms with van der Waals surface area (Å²) in [6.07, 6.45) is 0.780. The van der Waals surface area contributed by atoms with E-state index in [9.17, 15) is 18.4 Å². The van der Waals surface area contributed by atoms with Crippen molar-refractivity contribution in [3.8, 4) is 5.75 Å². The maximum Gasteiger partial charge on any atom is 0.335 e. The molecule has 0 aliphatic rings. The number of ether oxygens (including phenoxy) is 1. The highest BCUT2D eigenvalue weighted by Gasteiger charge is 2.17. The van der Waals surface area contributed by atoms with E-state index in [1.54, 1.807) is 0 Å². The summed E-state index contributed by atoms with van der Waals surface area (Å²) in [5.41, 5.74) is -0.529. The SMILES string of the molecule is CC(C)CCNC(=O)COc1c(F)cc(C(=O)O)cc1F. The number of halogens is 2. The number of carbonyl (C=O) groups is 2. The van der Waals surface area contributed by atoms with Crippen LogP contribution in [0, 0.1) is 17.6 Å². The van der Waals surface area contributed by atoms with E-state index in [-0.39, 0.29) is 0 Å². The second-order valence-corrected chi connectivity index (χ2v) is 4.90. The summed E-state index contributed by atoms with van der Waals surface area (Å²) < 4.78 is 31.8.